The Hall–Kier alpha value is -2.23. The normalized spacial score (nSPS) is 16.7. The first kappa shape index (κ1) is 16.6. The zero-order valence-corrected chi connectivity index (χ0v) is 14.3. The predicted molar refractivity (Wildman–Crippen MR) is 97.2 cm³/mol. The minimum atomic E-state index is -0.447. The molecule has 1 aliphatic carbocycles. The Morgan fingerprint density at radius 3 is 2.58 bits per heavy atom. The third-order valence-electron chi connectivity index (χ3n) is 4.92. The second-order valence-electron chi connectivity index (χ2n) is 6.59. The molecule has 2 amide bonds. The van der Waals surface area contributed by atoms with E-state index in [1.807, 2.05) is 13.0 Å². The van der Waals surface area contributed by atoms with Crippen LogP contribution in [0.3, 0.4) is 0 Å². The first-order chi connectivity index (χ1) is 11.7. The van der Waals surface area contributed by atoms with E-state index in [1.54, 1.807) is 0 Å². The standard InChI is InChI=1S/C20H26N2O2/c1-2-24-18-11-10-15-12-17(9-8-16(15)13-18)19(22-20(21)23)14-6-4-3-5-7-14/h8-14,19H,2-7H2,1H3,(H3,21,22,23)/t19-/m1/s1. The van der Waals surface area contributed by atoms with E-state index < -0.39 is 6.03 Å². The minimum absolute atomic E-state index is 0.00114. The first-order valence-corrected chi connectivity index (χ1v) is 8.90. The second-order valence-corrected chi connectivity index (χ2v) is 6.59. The molecule has 0 bridgehead atoms. The van der Waals surface area contributed by atoms with Gasteiger partial charge in [-0.2, -0.15) is 0 Å². The van der Waals surface area contributed by atoms with E-state index in [0.717, 1.165) is 34.9 Å². The summed E-state index contributed by atoms with van der Waals surface area (Å²) < 4.78 is 5.57. The molecule has 24 heavy (non-hydrogen) atoms. The topological polar surface area (TPSA) is 64.3 Å². The Kier molecular flexibility index (Phi) is 5.24. The number of nitrogens with two attached hydrogens (primary N) is 1. The number of fused-ring (bicyclic) bond motifs is 1. The number of hydrogen-bond donors (Lipinski definition) is 2. The fourth-order valence-electron chi connectivity index (χ4n) is 3.79. The molecular formula is C20H26N2O2. The molecule has 4 heteroatoms. The molecule has 0 unspecified atom stereocenters. The summed E-state index contributed by atoms with van der Waals surface area (Å²) in [6, 6.07) is 12.0. The lowest BCUT2D eigenvalue weighted by molar-refractivity contribution is 0.229. The molecule has 4 nitrogen and oxygen atoms in total. The summed E-state index contributed by atoms with van der Waals surface area (Å²) in [5.41, 5.74) is 6.57. The van der Waals surface area contributed by atoms with Gasteiger partial charge in [-0.25, -0.2) is 4.79 Å². The Labute approximate surface area is 143 Å². The number of ether oxygens (including phenoxy) is 1. The molecule has 0 aliphatic heterocycles. The highest BCUT2D eigenvalue weighted by atomic mass is 16.5. The van der Waals surface area contributed by atoms with Crippen molar-refractivity contribution in [1.82, 2.24) is 5.32 Å². The largest absolute Gasteiger partial charge is 0.494 e. The summed E-state index contributed by atoms with van der Waals surface area (Å²) in [6.45, 7) is 2.65. The van der Waals surface area contributed by atoms with Crippen LogP contribution in [0.1, 0.15) is 50.6 Å². The Bertz CT molecular complexity index is 708. The van der Waals surface area contributed by atoms with Crippen LogP contribution in [-0.4, -0.2) is 12.6 Å². The lowest BCUT2D eigenvalue weighted by Gasteiger charge is -2.31. The average molecular weight is 326 g/mol. The lowest BCUT2D eigenvalue weighted by Crippen LogP contribution is -2.37. The van der Waals surface area contributed by atoms with Crippen LogP contribution in [0.15, 0.2) is 36.4 Å². The van der Waals surface area contributed by atoms with Gasteiger partial charge >= 0.3 is 6.03 Å². The zero-order valence-electron chi connectivity index (χ0n) is 14.3. The van der Waals surface area contributed by atoms with Crippen molar-refractivity contribution in [2.75, 3.05) is 6.61 Å². The van der Waals surface area contributed by atoms with Gasteiger partial charge < -0.3 is 15.8 Å². The monoisotopic (exact) mass is 326 g/mol. The van der Waals surface area contributed by atoms with Crippen LogP contribution in [0, 0.1) is 5.92 Å². The quantitative estimate of drug-likeness (QED) is 0.848. The number of primary amides is 1. The molecule has 0 heterocycles. The van der Waals surface area contributed by atoms with Crippen molar-refractivity contribution >= 4 is 16.8 Å². The molecule has 128 valence electrons. The maximum Gasteiger partial charge on any atom is 0.312 e. The van der Waals surface area contributed by atoms with Gasteiger partial charge in [0.15, 0.2) is 0 Å². The SMILES string of the molecule is CCOc1ccc2cc([C@H](NC(N)=O)C3CCCCC3)ccc2c1. The molecule has 1 atom stereocenters. The van der Waals surface area contributed by atoms with Gasteiger partial charge in [-0.05, 0) is 60.2 Å². The maximum absolute atomic E-state index is 11.5. The van der Waals surface area contributed by atoms with Crippen molar-refractivity contribution in [3.63, 3.8) is 0 Å². The van der Waals surface area contributed by atoms with Gasteiger partial charge in [0.05, 0.1) is 12.6 Å². The number of benzene rings is 2. The molecule has 1 aliphatic rings. The summed E-state index contributed by atoms with van der Waals surface area (Å²) in [4.78, 5) is 11.5. The van der Waals surface area contributed by atoms with Gasteiger partial charge in [0.1, 0.15) is 5.75 Å². The third-order valence-corrected chi connectivity index (χ3v) is 4.92. The molecule has 2 aromatic rings. The Balaban J connectivity index is 1.91. The fraction of sp³-hybridized carbons (Fsp3) is 0.450. The molecule has 0 spiro atoms. The molecule has 2 aromatic carbocycles. The van der Waals surface area contributed by atoms with E-state index in [4.69, 9.17) is 10.5 Å². The maximum atomic E-state index is 11.5. The van der Waals surface area contributed by atoms with Crippen LogP contribution in [0.25, 0.3) is 10.8 Å². The van der Waals surface area contributed by atoms with Crippen LogP contribution in [-0.2, 0) is 0 Å². The highest BCUT2D eigenvalue weighted by molar-refractivity contribution is 5.85. The molecule has 1 fully saturated rings. The highest BCUT2D eigenvalue weighted by Crippen LogP contribution is 2.35. The van der Waals surface area contributed by atoms with Gasteiger partial charge in [-0.1, -0.05) is 37.5 Å². The van der Waals surface area contributed by atoms with E-state index in [9.17, 15) is 4.79 Å². The molecular weight excluding hydrogens is 300 g/mol. The molecule has 1 saturated carbocycles. The minimum Gasteiger partial charge on any atom is -0.494 e. The predicted octanol–water partition coefficient (Wildman–Crippen LogP) is 4.53. The van der Waals surface area contributed by atoms with Crippen molar-refractivity contribution in [3.8, 4) is 5.75 Å². The number of carbonyl (C=O) groups is 1. The van der Waals surface area contributed by atoms with Crippen LogP contribution in [0.5, 0.6) is 5.75 Å². The third kappa shape index (κ3) is 3.81. The molecule has 0 saturated heterocycles. The zero-order chi connectivity index (χ0) is 16.9. The summed E-state index contributed by atoms with van der Waals surface area (Å²) >= 11 is 0. The van der Waals surface area contributed by atoms with E-state index in [1.165, 1.54) is 19.3 Å². The molecule has 3 N–H and O–H groups in total. The van der Waals surface area contributed by atoms with E-state index in [2.05, 4.69) is 35.6 Å². The average Bonchev–Trinajstić information content (AvgIpc) is 2.60. The number of rotatable bonds is 5. The highest BCUT2D eigenvalue weighted by Gasteiger charge is 2.26. The van der Waals surface area contributed by atoms with E-state index in [-0.39, 0.29) is 6.04 Å². The van der Waals surface area contributed by atoms with Crippen LogP contribution in [0.4, 0.5) is 4.79 Å². The Morgan fingerprint density at radius 2 is 1.88 bits per heavy atom. The first-order valence-electron chi connectivity index (χ1n) is 8.90. The van der Waals surface area contributed by atoms with Gasteiger partial charge in [-0.15, -0.1) is 0 Å². The van der Waals surface area contributed by atoms with E-state index in [0.29, 0.717) is 12.5 Å². The van der Waals surface area contributed by atoms with Gasteiger partial charge in [0.2, 0.25) is 0 Å². The summed E-state index contributed by atoms with van der Waals surface area (Å²) in [7, 11) is 0. The Morgan fingerprint density at radius 1 is 1.17 bits per heavy atom. The lowest BCUT2D eigenvalue weighted by atomic mass is 9.81. The van der Waals surface area contributed by atoms with E-state index >= 15 is 0 Å². The number of carbonyl (C=O) groups excluding carboxylic acids is 1. The van der Waals surface area contributed by atoms with Crippen molar-refractivity contribution in [3.05, 3.63) is 42.0 Å². The number of urea groups is 1. The van der Waals surface area contributed by atoms with Crippen molar-refractivity contribution < 1.29 is 9.53 Å². The van der Waals surface area contributed by atoms with Crippen molar-refractivity contribution in [2.24, 2.45) is 11.7 Å². The molecule has 0 aromatic heterocycles. The van der Waals surface area contributed by atoms with Gasteiger partial charge in [-0.3, -0.25) is 0 Å². The fourth-order valence-corrected chi connectivity index (χ4v) is 3.79. The second kappa shape index (κ2) is 7.56. The number of hydrogen-bond acceptors (Lipinski definition) is 2. The van der Waals surface area contributed by atoms with Crippen molar-refractivity contribution in [1.29, 1.82) is 0 Å². The van der Waals surface area contributed by atoms with Crippen LogP contribution in [0.2, 0.25) is 0 Å². The van der Waals surface area contributed by atoms with Crippen molar-refractivity contribution in [2.45, 2.75) is 45.1 Å². The summed E-state index contributed by atoms with van der Waals surface area (Å²) in [5.74, 6) is 1.35. The summed E-state index contributed by atoms with van der Waals surface area (Å²) in [6.07, 6.45) is 6.04. The number of amides is 2. The molecule has 3 rings (SSSR count). The smallest absolute Gasteiger partial charge is 0.312 e. The van der Waals surface area contributed by atoms with Gasteiger partial charge in [0.25, 0.3) is 0 Å². The summed E-state index contributed by atoms with van der Waals surface area (Å²) in [5, 5.41) is 5.28. The van der Waals surface area contributed by atoms with Crippen LogP contribution < -0.4 is 15.8 Å². The number of nitrogens with one attached hydrogen (secondary N) is 1. The van der Waals surface area contributed by atoms with Gasteiger partial charge in [0, 0.05) is 0 Å². The molecule has 0 radical (unpaired) electrons. The van der Waals surface area contributed by atoms with Crippen LogP contribution >= 0.6 is 0 Å².